The van der Waals surface area contributed by atoms with E-state index in [2.05, 4.69) is 15.4 Å². The Hall–Kier alpha value is -4.40. The van der Waals surface area contributed by atoms with Gasteiger partial charge in [0.1, 0.15) is 24.8 Å². The van der Waals surface area contributed by atoms with Gasteiger partial charge in [0.05, 0.1) is 17.9 Å². The number of nitrogens with zero attached hydrogens (tertiary/aromatic N) is 7. The van der Waals surface area contributed by atoms with Crippen LogP contribution >= 0.6 is 0 Å². The summed E-state index contributed by atoms with van der Waals surface area (Å²) in [4.78, 5) is 17.7. The molecule has 34 heavy (non-hydrogen) atoms. The molecule has 1 atom stereocenters. The van der Waals surface area contributed by atoms with Crippen molar-refractivity contribution < 1.29 is 23.2 Å². The maximum absolute atomic E-state index is 15.0. The van der Waals surface area contributed by atoms with Gasteiger partial charge >= 0.3 is 6.09 Å². The first-order valence-corrected chi connectivity index (χ1v) is 10.7. The zero-order chi connectivity index (χ0) is 23.5. The molecule has 0 radical (unpaired) electrons. The van der Waals surface area contributed by atoms with Gasteiger partial charge in [-0.25, -0.2) is 9.18 Å². The molecule has 174 valence electrons. The summed E-state index contributed by atoms with van der Waals surface area (Å²) in [5, 5.41) is 20.4. The molecule has 1 aromatic carbocycles. The van der Waals surface area contributed by atoms with Gasteiger partial charge in [0.15, 0.2) is 17.6 Å². The van der Waals surface area contributed by atoms with E-state index in [9.17, 15) is 4.79 Å². The number of rotatable bonds is 6. The van der Waals surface area contributed by atoms with Crippen LogP contribution < -0.4 is 19.4 Å². The first-order valence-electron chi connectivity index (χ1n) is 10.7. The second-order valence-electron chi connectivity index (χ2n) is 7.76. The van der Waals surface area contributed by atoms with Gasteiger partial charge in [0.25, 0.3) is 5.88 Å². The van der Waals surface area contributed by atoms with E-state index in [1.54, 1.807) is 30.3 Å². The van der Waals surface area contributed by atoms with Gasteiger partial charge in [0, 0.05) is 32.2 Å². The topological polar surface area (TPSA) is 121 Å². The standard InChI is InChI=1S/C22H20FN7O4/c23-18-11-16(30-13-17(34-22(30)31)14-32-21-5-10-33-27-21)2-3-19(18)28-6-8-29(9-7-28)20-4-1-15(12-24)25-26-20/h1-5,10-11,17H,6-9,13-14H2. The van der Waals surface area contributed by atoms with Crippen molar-refractivity contribution in [1.82, 2.24) is 15.4 Å². The number of halogens is 1. The summed E-state index contributed by atoms with van der Waals surface area (Å²) in [5.74, 6) is 0.569. The number of hydrogen-bond donors (Lipinski definition) is 0. The number of cyclic esters (lactones) is 1. The zero-order valence-corrected chi connectivity index (χ0v) is 18.0. The van der Waals surface area contributed by atoms with Crippen LogP contribution in [-0.4, -0.2) is 66.9 Å². The van der Waals surface area contributed by atoms with Gasteiger partial charge in [-0.3, -0.25) is 4.90 Å². The Balaban J connectivity index is 1.19. The average molecular weight is 465 g/mol. The van der Waals surface area contributed by atoms with Crippen LogP contribution in [0.4, 0.5) is 26.4 Å². The van der Waals surface area contributed by atoms with Gasteiger partial charge in [-0.15, -0.1) is 10.2 Å². The normalized spacial score (nSPS) is 18.1. The molecule has 11 nitrogen and oxygen atoms in total. The lowest BCUT2D eigenvalue weighted by molar-refractivity contribution is 0.102. The molecule has 2 aliphatic heterocycles. The summed E-state index contributed by atoms with van der Waals surface area (Å²) in [6.07, 6.45) is 0.316. The average Bonchev–Trinajstić information content (AvgIpc) is 3.52. The number of benzene rings is 1. The molecule has 0 N–H and O–H groups in total. The van der Waals surface area contributed by atoms with Crippen molar-refractivity contribution in [3.05, 3.63) is 54.2 Å². The van der Waals surface area contributed by atoms with E-state index in [1.807, 2.05) is 15.9 Å². The Kier molecular flexibility index (Phi) is 5.82. The molecule has 2 saturated heterocycles. The Morgan fingerprint density at radius 3 is 2.62 bits per heavy atom. The van der Waals surface area contributed by atoms with Crippen LogP contribution in [0.3, 0.4) is 0 Å². The second kappa shape index (κ2) is 9.22. The smallest absolute Gasteiger partial charge is 0.414 e. The molecule has 0 bridgehead atoms. The largest absolute Gasteiger partial charge is 0.471 e. The quantitative estimate of drug-likeness (QED) is 0.536. The molecule has 12 heteroatoms. The van der Waals surface area contributed by atoms with Crippen molar-refractivity contribution in [1.29, 1.82) is 5.26 Å². The third kappa shape index (κ3) is 4.40. The van der Waals surface area contributed by atoms with Gasteiger partial charge in [-0.2, -0.15) is 5.26 Å². The number of amides is 1. The molecule has 2 fully saturated rings. The Morgan fingerprint density at radius 2 is 1.94 bits per heavy atom. The molecular formula is C22H20FN7O4. The number of hydrogen-bond acceptors (Lipinski definition) is 10. The van der Waals surface area contributed by atoms with Gasteiger partial charge in [-0.1, -0.05) is 0 Å². The van der Waals surface area contributed by atoms with E-state index in [0.29, 0.717) is 49.3 Å². The molecule has 5 rings (SSSR count). The molecule has 0 spiro atoms. The number of carbonyl (C=O) groups is 1. The van der Waals surface area contributed by atoms with E-state index in [4.69, 9.17) is 19.3 Å². The predicted octanol–water partition coefficient (Wildman–Crippen LogP) is 2.21. The maximum atomic E-state index is 15.0. The van der Waals surface area contributed by atoms with Crippen LogP contribution in [0.1, 0.15) is 5.69 Å². The van der Waals surface area contributed by atoms with E-state index in [0.717, 1.165) is 0 Å². The maximum Gasteiger partial charge on any atom is 0.414 e. The number of anilines is 3. The SMILES string of the molecule is N#Cc1ccc(N2CCN(c3ccc(N4CC(COc5ccon5)OC4=O)cc3F)CC2)nn1. The van der Waals surface area contributed by atoms with Crippen LogP contribution in [0, 0.1) is 17.1 Å². The van der Waals surface area contributed by atoms with Crippen molar-refractivity contribution in [2.24, 2.45) is 0 Å². The molecule has 0 saturated carbocycles. The highest BCUT2D eigenvalue weighted by molar-refractivity contribution is 5.90. The van der Waals surface area contributed by atoms with Gasteiger partial charge in [0.2, 0.25) is 0 Å². The number of ether oxygens (including phenoxy) is 2. The number of nitriles is 1. The van der Waals surface area contributed by atoms with Crippen molar-refractivity contribution in [2.45, 2.75) is 6.10 Å². The van der Waals surface area contributed by atoms with E-state index >= 15 is 4.39 Å². The van der Waals surface area contributed by atoms with Crippen LogP contribution in [0.25, 0.3) is 0 Å². The van der Waals surface area contributed by atoms with Crippen LogP contribution in [0.15, 0.2) is 47.2 Å². The zero-order valence-electron chi connectivity index (χ0n) is 18.0. The third-order valence-corrected chi connectivity index (χ3v) is 5.66. The van der Waals surface area contributed by atoms with E-state index < -0.39 is 18.0 Å². The molecule has 1 amide bonds. The molecular weight excluding hydrogens is 445 g/mol. The fourth-order valence-electron chi connectivity index (χ4n) is 3.92. The van der Waals surface area contributed by atoms with Gasteiger partial charge in [-0.05, 0) is 35.5 Å². The van der Waals surface area contributed by atoms with Crippen LogP contribution in [0.2, 0.25) is 0 Å². The fraction of sp³-hybridized carbons (Fsp3) is 0.318. The Morgan fingerprint density at radius 1 is 1.12 bits per heavy atom. The molecule has 2 aliphatic rings. The summed E-state index contributed by atoms with van der Waals surface area (Å²) in [5.41, 5.74) is 1.15. The molecule has 0 aliphatic carbocycles. The summed E-state index contributed by atoms with van der Waals surface area (Å²) in [6, 6.07) is 11.6. The number of aromatic nitrogens is 3. The predicted molar refractivity (Wildman–Crippen MR) is 117 cm³/mol. The summed E-state index contributed by atoms with van der Waals surface area (Å²) in [6.45, 7) is 2.79. The first kappa shape index (κ1) is 21.4. The molecule has 2 aromatic heterocycles. The first-order chi connectivity index (χ1) is 16.6. The van der Waals surface area contributed by atoms with E-state index in [1.165, 1.54) is 17.2 Å². The van der Waals surface area contributed by atoms with Gasteiger partial charge < -0.3 is 23.8 Å². The van der Waals surface area contributed by atoms with Crippen molar-refractivity contribution in [3.63, 3.8) is 0 Å². The lowest BCUT2D eigenvalue weighted by Gasteiger charge is -2.36. The molecule has 1 unspecified atom stereocenters. The highest BCUT2D eigenvalue weighted by atomic mass is 19.1. The fourth-order valence-corrected chi connectivity index (χ4v) is 3.92. The molecule has 4 heterocycles. The van der Waals surface area contributed by atoms with Crippen molar-refractivity contribution in [2.75, 3.05) is 54.0 Å². The Bertz CT molecular complexity index is 1190. The molecule has 3 aromatic rings. The minimum atomic E-state index is -0.557. The van der Waals surface area contributed by atoms with E-state index in [-0.39, 0.29) is 18.8 Å². The summed E-state index contributed by atoms with van der Waals surface area (Å²) >= 11 is 0. The van der Waals surface area contributed by atoms with Crippen LogP contribution in [-0.2, 0) is 4.74 Å². The third-order valence-electron chi connectivity index (χ3n) is 5.66. The minimum Gasteiger partial charge on any atom is -0.471 e. The lowest BCUT2D eigenvalue weighted by Crippen LogP contribution is -2.47. The van der Waals surface area contributed by atoms with Crippen molar-refractivity contribution in [3.8, 4) is 11.9 Å². The Labute approximate surface area is 193 Å². The second-order valence-corrected chi connectivity index (χ2v) is 7.76. The summed E-state index contributed by atoms with van der Waals surface area (Å²) < 4.78 is 30.5. The monoisotopic (exact) mass is 465 g/mol. The highest BCUT2D eigenvalue weighted by Gasteiger charge is 2.33. The van der Waals surface area contributed by atoms with Crippen LogP contribution in [0.5, 0.6) is 5.88 Å². The number of piperazine rings is 1. The number of carbonyl (C=O) groups excluding carboxylic acids is 1. The lowest BCUT2D eigenvalue weighted by atomic mass is 10.2. The highest BCUT2D eigenvalue weighted by Crippen LogP contribution is 2.29. The summed E-state index contributed by atoms with van der Waals surface area (Å²) in [7, 11) is 0. The van der Waals surface area contributed by atoms with Crippen molar-refractivity contribution >= 4 is 23.3 Å². The minimum absolute atomic E-state index is 0.114.